The van der Waals surface area contributed by atoms with Gasteiger partial charge in [0.2, 0.25) is 11.0 Å². The molecular weight excluding hydrogens is 474 g/mol. The molecule has 0 saturated carbocycles. The molecule has 1 amide bonds. The third-order valence-electron chi connectivity index (χ3n) is 5.36. The Labute approximate surface area is 214 Å². The molecule has 36 heavy (non-hydrogen) atoms. The Morgan fingerprint density at radius 1 is 1.06 bits per heavy atom. The lowest BCUT2D eigenvalue weighted by molar-refractivity contribution is 0.1000. The molecule has 0 aliphatic rings. The minimum Gasteiger partial charge on any atom is -0.444 e. The number of carbonyl (C=O) groups is 1. The van der Waals surface area contributed by atoms with Crippen LogP contribution in [0.4, 0.5) is 11.6 Å². The molecule has 0 unspecified atom stereocenters. The van der Waals surface area contributed by atoms with Crippen molar-refractivity contribution < 1.29 is 9.53 Å². The van der Waals surface area contributed by atoms with Crippen molar-refractivity contribution in [2.75, 3.05) is 32.1 Å². The van der Waals surface area contributed by atoms with Crippen LogP contribution in [0.15, 0.2) is 54.9 Å². The van der Waals surface area contributed by atoms with Crippen molar-refractivity contribution in [3.63, 3.8) is 0 Å². The minimum atomic E-state index is -0.516. The summed E-state index contributed by atoms with van der Waals surface area (Å²) in [6.45, 7) is 5.42. The van der Waals surface area contributed by atoms with Crippen molar-refractivity contribution >= 4 is 28.9 Å². The first-order valence-electron chi connectivity index (χ1n) is 11.6. The highest BCUT2D eigenvalue weighted by molar-refractivity contribution is 7.14. The van der Waals surface area contributed by atoms with Crippen molar-refractivity contribution in [2.45, 2.75) is 20.3 Å². The van der Waals surface area contributed by atoms with Crippen molar-refractivity contribution in [1.82, 2.24) is 24.8 Å². The molecule has 0 aromatic carbocycles. The molecule has 4 aromatic heterocycles. The highest BCUT2D eigenvalue weighted by Gasteiger charge is 2.18. The highest BCUT2D eigenvalue weighted by atomic mass is 32.1. The molecule has 0 aliphatic carbocycles. The van der Waals surface area contributed by atoms with Gasteiger partial charge >= 0.3 is 0 Å². The number of amides is 1. The van der Waals surface area contributed by atoms with Gasteiger partial charge in [0.15, 0.2) is 0 Å². The second kappa shape index (κ2) is 11.2. The summed E-state index contributed by atoms with van der Waals surface area (Å²) in [5, 5.41) is 1.66. The summed E-state index contributed by atoms with van der Waals surface area (Å²) < 4.78 is 6.35. The normalized spacial score (nSPS) is 11.0. The van der Waals surface area contributed by atoms with Gasteiger partial charge in [0, 0.05) is 37.2 Å². The standard InChI is InChI=1S/C26H29N7O2S/c1-5-23-31-24(20-8-6-7-17(2)30-20)26(36-23)35-19-11-12-28-22(15-19)33(14-13-32(3)4)21-10-9-18(16-29-21)25(27)34/h6-12,15-16H,5,13-14H2,1-4H3,(H2,27,34). The monoisotopic (exact) mass is 503 g/mol. The number of thiazole rings is 1. The van der Waals surface area contributed by atoms with Crippen LogP contribution in [-0.2, 0) is 6.42 Å². The number of nitrogens with zero attached hydrogens (tertiary/aromatic N) is 6. The number of nitrogens with two attached hydrogens (primary N) is 1. The number of aromatic nitrogens is 4. The van der Waals surface area contributed by atoms with Crippen molar-refractivity contribution in [2.24, 2.45) is 5.73 Å². The molecule has 0 atom stereocenters. The predicted molar refractivity (Wildman–Crippen MR) is 142 cm³/mol. The second-order valence-corrected chi connectivity index (χ2v) is 9.48. The Kier molecular flexibility index (Phi) is 7.87. The Bertz CT molecular complexity index is 1340. The van der Waals surface area contributed by atoms with E-state index in [1.165, 1.54) is 17.5 Å². The van der Waals surface area contributed by atoms with Crippen LogP contribution in [0.1, 0.15) is 28.0 Å². The van der Waals surface area contributed by atoms with E-state index in [4.69, 9.17) is 15.5 Å². The maximum atomic E-state index is 11.5. The van der Waals surface area contributed by atoms with E-state index in [1.54, 1.807) is 18.3 Å². The summed E-state index contributed by atoms with van der Waals surface area (Å²) in [4.78, 5) is 34.0. The van der Waals surface area contributed by atoms with Crippen LogP contribution >= 0.6 is 11.3 Å². The first kappa shape index (κ1) is 25.2. The van der Waals surface area contributed by atoms with E-state index in [0.29, 0.717) is 34.6 Å². The second-order valence-electron chi connectivity index (χ2n) is 8.44. The quantitative estimate of drug-likeness (QED) is 0.338. The van der Waals surface area contributed by atoms with Gasteiger partial charge in [-0.1, -0.05) is 24.3 Å². The van der Waals surface area contributed by atoms with Crippen LogP contribution in [-0.4, -0.2) is 57.9 Å². The summed E-state index contributed by atoms with van der Waals surface area (Å²) in [6, 6.07) is 13.0. The van der Waals surface area contributed by atoms with Gasteiger partial charge in [0.25, 0.3) is 0 Å². The molecule has 0 aliphatic heterocycles. The van der Waals surface area contributed by atoms with Gasteiger partial charge in [-0.25, -0.2) is 15.0 Å². The molecule has 0 fully saturated rings. The molecule has 186 valence electrons. The first-order valence-corrected chi connectivity index (χ1v) is 12.4. The van der Waals surface area contributed by atoms with Crippen molar-refractivity contribution in [1.29, 1.82) is 0 Å². The van der Waals surface area contributed by atoms with Crippen molar-refractivity contribution in [3.8, 4) is 22.2 Å². The van der Waals surface area contributed by atoms with E-state index < -0.39 is 5.91 Å². The number of likely N-dealkylation sites (N-methyl/N-ethyl adjacent to an activating group) is 1. The SMILES string of the molecule is CCc1nc(-c2cccc(C)n2)c(Oc2ccnc(N(CCN(C)C)c3ccc(C(N)=O)cn3)c2)s1. The van der Waals surface area contributed by atoms with E-state index in [1.807, 2.05) is 56.3 Å². The smallest absolute Gasteiger partial charge is 0.250 e. The zero-order valence-corrected chi connectivity index (χ0v) is 21.6. The highest BCUT2D eigenvalue weighted by Crippen LogP contribution is 2.38. The molecule has 4 heterocycles. The van der Waals surface area contributed by atoms with E-state index in [9.17, 15) is 4.79 Å². The fourth-order valence-corrected chi connectivity index (χ4v) is 4.34. The molecule has 0 bridgehead atoms. The van der Waals surface area contributed by atoms with Gasteiger partial charge in [-0.2, -0.15) is 0 Å². The molecule has 10 heteroatoms. The van der Waals surface area contributed by atoms with Gasteiger partial charge in [-0.05, 0) is 57.8 Å². The average Bonchev–Trinajstić information content (AvgIpc) is 3.27. The third-order valence-corrected chi connectivity index (χ3v) is 6.44. The maximum absolute atomic E-state index is 11.5. The van der Waals surface area contributed by atoms with Crippen molar-refractivity contribution in [3.05, 3.63) is 71.1 Å². The van der Waals surface area contributed by atoms with E-state index in [-0.39, 0.29) is 0 Å². The summed E-state index contributed by atoms with van der Waals surface area (Å²) in [5.41, 5.74) is 8.16. The molecular formula is C26H29N7O2S. The topological polar surface area (TPSA) is 110 Å². The van der Waals surface area contributed by atoms with Crippen LogP contribution < -0.4 is 15.4 Å². The van der Waals surface area contributed by atoms with E-state index in [2.05, 4.69) is 26.8 Å². The minimum absolute atomic E-state index is 0.352. The number of aryl methyl sites for hydroxylation is 2. The van der Waals surface area contributed by atoms with E-state index in [0.717, 1.165) is 35.1 Å². The molecule has 9 nitrogen and oxygen atoms in total. The summed E-state index contributed by atoms with van der Waals surface area (Å²) in [7, 11) is 4.01. The lowest BCUT2D eigenvalue weighted by Gasteiger charge is -2.25. The largest absolute Gasteiger partial charge is 0.444 e. The lowest BCUT2D eigenvalue weighted by atomic mass is 10.2. The molecule has 4 aromatic rings. The molecule has 0 radical (unpaired) electrons. The summed E-state index contributed by atoms with van der Waals surface area (Å²) in [5.74, 6) is 1.44. The van der Waals surface area contributed by atoms with Crippen LogP contribution in [0, 0.1) is 6.92 Å². The number of rotatable bonds is 10. The number of anilines is 2. The summed E-state index contributed by atoms with van der Waals surface area (Å²) >= 11 is 1.51. The van der Waals surface area contributed by atoms with Gasteiger partial charge in [0.05, 0.1) is 16.3 Å². The zero-order valence-electron chi connectivity index (χ0n) is 20.8. The van der Waals surface area contributed by atoms with Crippen LogP contribution in [0.3, 0.4) is 0 Å². The third kappa shape index (κ3) is 6.02. The number of carbonyl (C=O) groups excluding carboxylic acids is 1. The Balaban J connectivity index is 1.67. The number of primary amides is 1. The Morgan fingerprint density at radius 3 is 2.56 bits per heavy atom. The molecule has 0 saturated heterocycles. The van der Waals surface area contributed by atoms with Crippen LogP contribution in [0.5, 0.6) is 10.8 Å². The Morgan fingerprint density at radius 2 is 1.89 bits per heavy atom. The maximum Gasteiger partial charge on any atom is 0.250 e. The fourth-order valence-electron chi connectivity index (χ4n) is 3.46. The molecule has 4 rings (SSSR count). The first-order chi connectivity index (χ1) is 17.3. The number of hydrogen-bond acceptors (Lipinski definition) is 9. The van der Waals surface area contributed by atoms with Crippen LogP contribution in [0.2, 0.25) is 0 Å². The van der Waals surface area contributed by atoms with Crippen LogP contribution in [0.25, 0.3) is 11.4 Å². The van der Waals surface area contributed by atoms with Gasteiger partial charge in [-0.3, -0.25) is 9.78 Å². The van der Waals surface area contributed by atoms with Gasteiger partial charge < -0.3 is 20.3 Å². The number of hydrogen-bond donors (Lipinski definition) is 1. The van der Waals surface area contributed by atoms with Gasteiger partial charge in [0.1, 0.15) is 23.1 Å². The molecule has 2 N–H and O–H groups in total. The lowest BCUT2D eigenvalue weighted by Crippen LogP contribution is -2.29. The average molecular weight is 504 g/mol. The zero-order chi connectivity index (χ0) is 25.7. The van der Waals surface area contributed by atoms with Gasteiger partial charge in [-0.15, -0.1) is 0 Å². The molecule has 0 spiro atoms. The Hall–Kier alpha value is -3.89. The summed E-state index contributed by atoms with van der Waals surface area (Å²) in [6.07, 6.45) is 3.99. The number of pyridine rings is 3. The van der Waals surface area contributed by atoms with E-state index >= 15 is 0 Å². The number of ether oxygens (including phenoxy) is 1. The fraction of sp³-hybridized carbons (Fsp3) is 0.269. The predicted octanol–water partition coefficient (Wildman–Crippen LogP) is 4.46.